The highest BCUT2D eigenvalue weighted by molar-refractivity contribution is 7.07. The Labute approximate surface area is 85.5 Å². The summed E-state index contributed by atoms with van der Waals surface area (Å²) in [5.74, 6) is 0. The number of aliphatic hydroxyl groups is 1. The second-order valence-corrected chi connectivity index (χ2v) is 3.42. The molecule has 0 spiro atoms. The molecule has 0 aliphatic rings. The summed E-state index contributed by atoms with van der Waals surface area (Å²) in [5.41, 5.74) is 0.987. The van der Waals surface area contributed by atoms with Gasteiger partial charge in [0.2, 0.25) is 0 Å². The molecule has 1 rings (SSSR count). The van der Waals surface area contributed by atoms with Crippen molar-refractivity contribution in [3.05, 3.63) is 22.4 Å². The number of thiophene rings is 1. The summed E-state index contributed by atoms with van der Waals surface area (Å²) in [4.78, 5) is 11.1. The quantitative estimate of drug-likeness (QED) is 0.511. The van der Waals surface area contributed by atoms with Crippen LogP contribution in [-0.4, -0.2) is 34.6 Å². The number of nitrogens with one attached hydrogen (secondary N) is 1. The fourth-order valence-electron chi connectivity index (χ4n) is 0.858. The number of hydroxylamine groups is 2. The van der Waals surface area contributed by atoms with E-state index in [0.717, 1.165) is 5.56 Å². The molecule has 3 N–H and O–H groups in total. The van der Waals surface area contributed by atoms with Crippen LogP contribution < -0.4 is 5.32 Å². The Kier molecular flexibility index (Phi) is 4.37. The van der Waals surface area contributed by atoms with Crippen LogP contribution in [-0.2, 0) is 6.54 Å². The van der Waals surface area contributed by atoms with Crippen LogP contribution in [0.25, 0.3) is 0 Å². The number of amides is 2. The van der Waals surface area contributed by atoms with Crippen LogP contribution in [0.1, 0.15) is 5.56 Å². The van der Waals surface area contributed by atoms with E-state index >= 15 is 0 Å². The van der Waals surface area contributed by atoms with Crippen LogP contribution in [0.5, 0.6) is 0 Å². The summed E-state index contributed by atoms with van der Waals surface area (Å²) in [7, 11) is 0. The van der Waals surface area contributed by atoms with Crippen molar-refractivity contribution < 1.29 is 15.1 Å². The van der Waals surface area contributed by atoms with Crippen molar-refractivity contribution in [2.75, 3.05) is 13.2 Å². The molecule has 0 bridgehead atoms. The molecule has 14 heavy (non-hydrogen) atoms. The Morgan fingerprint density at radius 2 is 2.43 bits per heavy atom. The lowest BCUT2D eigenvalue weighted by Gasteiger charge is -2.13. The summed E-state index contributed by atoms with van der Waals surface area (Å²) in [6, 6.07) is 1.28. The van der Waals surface area contributed by atoms with Crippen LogP contribution >= 0.6 is 11.3 Å². The fraction of sp³-hybridized carbons (Fsp3) is 0.375. The van der Waals surface area contributed by atoms with Gasteiger partial charge >= 0.3 is 6.03 Å². The molecular formula is C8H12N2O3S. The smallest absolute Gasteiger partial charge is 0.341 e. The lowest BCUT2D eigenvalue weighted by molar-refractivity contribution is -0.0521. The first-order valence-electron chi connectivity index (χ1n) is 4.10. The summed E-state index contributed by atoms with van der Waals surface area (Å²) >= 11 is 1.54. The number of rotatable bonds is 4. The number of hydrogen-bond acceptors (Lipinski definition) is 4. The molecule has 0 aliphatic heterocycles. The van der Waals surface area contributed by atoms with E-state index in [-0.39, 0.29) is 13.2 Å². The van der Waals surface area contributed by atoms with Crippen molar-refractivity contribution in [2.45, 2.75) is 6.54 Å². The van der Waals surface area contributed by atoms with Gasteiger partial charge in [0.25, 0.3) is 0 Å². The first-order chi connectivity index (χ1) is 6.74. The highest BCUT2D eigenvalue weighted by Crippen LogP contribution is 2.04. The minimum absolute atomic E-state index is 0.0878. The Morgan fingerprint density at radius 3 is 3.00 bits per heavy atom. The third kappa shape index (κ3) is 3.33. The molecule has 2 amide bonds. The Morgan fingerprint density at radius 1 is 1.64 bits per heavy atom. The summed E-state index contributed by atoms with van der Waals surface area (Å²) in [5, 5.41) is 24.2. The second kappa shape index (κ2) is 5.58. The molecular weight excluding hydrogens is 204 g/mol. The van der Waals surface area contributed by atoms with Gasteiger partial charge in [0.1, 0.15) is 0 Å². The van der Waals surface area contributed by atoms with Gasteiger partial charge in [-0.25, -0.2) is 9.86 Å². The van der Waals surface area contributed by atoms with Crippen LogP contribution in [0.15, 0.2) is 16.8 Å². The van der Waals surface area contributed by atoms with Gasteiger partial charge in [-0.1, -0.05) is 0 Å². The third-order valence-electron chi connectivity index (χ3n) is 1.57. The summed E-state index contributed by atoms with van der Waals surface area (Å²) in [6.45, 7) is 0.0304. The molecule has 1 aromatic rings. The zero-order valence-electron chi connectivity index (χ0n) is 7.51. The highest BCUT2D eigenvalue weighted by atomic mass is 32.1. The topological polar surface area (TPSA) is 72.8 Å². The molecule has 0 saturated heterocycles. The summed E-state index contributed by atoms with van der Waals surface area (Å²) < 4.78 is 0. The van der Waals surface area contributed by atoms with Gasteiger partial charge in [-0.15, -0.1) is 0 Å². The van der Waals surface area contributed by atoms with Crippen molar-refractivity contribution in [1.29, 1.82) is 0 Å². The molecule has 0 aliphatic carbocycles. The molecule has 0 unspecified atom stereocenters. The Bertz CT molecular complexity index is 276. The van der Waals surface area contributed by atoms with Crippen LogP contribution in [0.3, 0.4) is 0 Å². The minimum Gasteiger partial charge on any atom is -0.394 e. The fourth-order valence-corrected chi connectivity index (χ4v) is 1.53. The van der Waals surface area contributed by atoms with Gasteiger partial charge in [-0.2, -0.15) is 11.3 Å². The SMILES string of the molecule is O=C(NCc1ccsc1)N(O)CCO. The van der Waals surface area contributed by atoms with Crippen molar-refractivity contribution in [1.82, 2.24) is 10.4 Å². The molecule has 0 fully saturated rings. The Balaban J connectivity index is 2.27. The van der Waals surface area contributed by atoms with Gasteiger partial charge < -0.3 is 10.4 Å². The van der Waals surface area contributed by atoms with E-state index < -0.39 is 6.03 Å². The highest BCUT2D eigenvalue weighted by Gasteiger charge is 2.08. The van der Waals surface area contributed by atoms with Crippen LogP contribution in [0.2, 0.25) is 0 Å². The molecule has 1 heterocycles. The monoisotopic (exact) mass is 216 g/mol. The van der Waals surface area contributed by atoms with E-state index in [1.54, 1.807) is 11.3 Å². The second-order valence-electron chi connectivity index (χ2n) is 2.64. The lowest BCUT2D eigenvalue weighted by Crippen LogP contribution is -2.38. The van der Waals surface area contributed by atoms with Crippen molar-refractivity contribution in [2.24, 2.45) is 0 Å². The number of hydrogen-bond donors (Lipinski definition) is 3. The van der Waals surface area contributed by atoms with E-state index in [1.165, 1.54) is 0 Å². The van der Waals surface area contributed by atoms with E-state index in [2.05, 4.69) is 5.32 Å². The van der Waals surface area contributed by atoms with E-state index in [9.17, 15) is 4.79 Å². The standard InChI is InChI=1S/C8H12N2O3S/c11-3-2-10(13)8(12)9-5-7-1-4-14-6-7/h1,4,6,11,13H,2-3,5H2,(H,9,12). The van der Waals surface area contributed by atoms with Gasteiger partial charge in [0, 0.05) is 6.54 Å². The Hall–Kier alpha value is -1.11. The first-order valence-corrected chi connectivity index (χ1v) is 5.04. The van der Waals surface area contributed by atoms with Gasteiger partial charge in [0.15, 0.2) is 0 Å². The number of nitrogens with zero attached hydrogens (tertiary/aromatic N) is 1. The molecule has 0 saturated carbocycles. The number of carbonyl (C=O) groups excluding carboxylic acids is 1. The first kappa shape index (κ1) is 11.0. The van der Waals surface area contributed by atoms with Crippen LogP contribution in [0.4, 0.5) is 4.79 Å². The van der Waals surface area contributed by atoms with Gasteiger partial charge in [-0.3, -0.25) is 5.21 Å². The predicted molar refractivity (Wildman–Crippen MR) is 52.1 cm³/mol. The molecule has 0 atom stereocenters. The molecule has 1 aromatic heterocycles. The minimum atomic E-state index is -0.606. The molecule has 0 aromatic carbocycles. The average molecular weight is 216 g/mol. The van der Waals surface area contributed by atoms with E-state index in [4.69, 9.17) is 10.3 Å². The van der Waals surface area contributed by atoms with E-state index in [1.807, 2.05) is 16.8 Å². The van der Waals surface area contributed by atoms with Crippen LogP contribution in [0, 0.1) is 0 Å². The van der Waals surface area contributed by atoms with Crippen molar-refractivity contribution in [3.8, 4) is 0 Å². The maximum absolute atomic E-state index is 11.1. The molecule has 5 nitrogen and oxygen atoms in total. The normalized spacial score (nSPS) is 9.86. The number of aliphatic hydroxyl groups excluding tert-OH is 1. The van der Waals surface area contributed by atoms with Gasteiger partial charge in [-0.05, 0) is 22.4 Å². The predicted octanol–water partition coefficient (Wildman–Crippen LogP) is 0.641. The maximum atomic E-state index is 11.1. The van der Waals surface area contributed by atoms with Gasteiger partial charge in [0.05, 0.1) is 13.2 Å². The molecule has 78 valence electrons. The van der Waals surface area contributed by atoms with E-state index in [0.29, 0.717) is 11.6 Å². The largest absolute Gasteiger partial charge is 0.394 e. The zero-order valence-corrected chi connectivity index (χ0v) is 8.33. The number of carbonyl (C=O) groups is 1. The summed E-state index contributed by atoms with van der Waals surface area (Å²) in [6.07, 6.45) is 0. The van der Waals surface area contributed by atoms with Crippen molar-refractivity contribution in [3.63, 3.8) is 0 Å². The molecule has 6 heteroatoms. The zero-order chi connectivity index (χ0) is 10.4. The van der Waals surface area contributed by atoms with Crippen molar-refractivity contribution >= 4 is 17.4 Å². The maximum Gasteiger partial charge on any atom is 0.341 e. The third-order valence-corrected chi connectivity index (χ3v) is 2.30. The molecule has 0 radical (unpaired) electrons. The number of urea groups is 1. The average Bonchev–Trinajstić information content (AvgIpc) is 2.67. The lowest BCUT2D eigenvalue weighted by atomic mass is 10.3.